The Balaban J connectivity index is 1.57. The average Bonchev–Trinajstić information content (AvgIpc) is 3.10. The maximum absolute atomic E-state index is 13.5. The van der Waals surface area contributed by atoms with Crippen molar-refractivity contribution in [2.75, 3.05) is 11.1 Å². The van der Waals surface area contributed by atoms with E-state index in [1.54, 1.807) is 11.4 Å². The fraction of sp³-hybridized carbons (Fsp3) is 0.200. The van der Waals surface area contributed by atoms with Crippen LogP contribution in [0.15, 0.2) is 53.9 Å². The molecular formula is C20H19FN2O3S2. The van der Waals surface area contributed by atoms with Crippen LogP contribution in [0.4, 0.5) is 10.1 Å². The van der Waals surface area contributed by atoms with Crippen LogP contribution in [0.5, 0.6) is 0 Å². The predicted molar refractivity (Wildman–Crippen MR) is 109 cm³/mol. The Bertz CT molecular complexity index is 1080. The highest BCUT2D eigenvalue weighted by atomic mass is 32.2. The van der Waals surface area contributed by atoms with Crippen molar-refractivity contribution in [3.63, 3.8) is 0 Å². The highest BCUT2D eigenvalue weighted by Gasteiger charge is 2.17. The number of aromatic nitrogens is 1. The van der Waals surface area contributed by atoms with E-state index in [0.717, 1.165) is 16.1 Å². The average molecular weight is 419 g/mol. The molecule has 1 aromatic heterocycles. The number of halogens is 1. The zero-order chi connectivity index (χ0) is 20.1. The van der Waals surface area contributed by atoms with Gasteiger partial charge in [-0.1, -0.05) is 42.0 Å². The van der Waals surface area contributed by atoms with E-state index in [4.69, 9.17) is 0 Å². The van der Waals surface area contributed by atoms with Crippen LogP contribution >= 0.6 is 11.3 Å². The summed E-state index contributed by atoms with van der Waals surface area (Å²) in [5.41, 5.74) is 2.56. The van der Waals surface area contributed by atoms with Crippen LogP contribution in [0.3, 0.4) is 0 Å². The summed E-state index contributed by atoms with van der Waals surface area (Å²) in [6, 6.07) is 13.6. The molecule has 0 spiro atoms. The molecule has 8 heteroatoms. The van der Waals surface area contributed by atoms with Crippen LogP contribution < -0.4 is 5.32 Å². The summed E-state index contributed by atoms with van der Waals surface area (Å²) < 4.78 is 38.2. The topological polar surface area (TPSA) is 76.1 Å². The molecule has 0 aliphatic heterocycles. The molecule has 0 aliphatic rings. The number of carbonyl (C=O) groups excluding carboxylic acids is 1. The summed E-state index contributed by atoms with van der Waals surface area (Å²) in [4.78, 5) is 16.3. The number of carbonyl (C=O) groups is 1. The zero-order valence-electron chi connectivity index (χ0n) is 15.2. The molecule has 3 rings (SSSR count). The molecule has 3 aromatic rings. The molecule has 146 valence electrons. The molecule has 0 aliphatic carbocycles. The van der Waals surface area contributed by atoms with Crippen molar-refractivity contribution in [2.24, 2.45) is 0 Å². The molecule has 2 aromatic carbocycles. The SMILES string of the molecule is Cc1ccc(-c2nc(CS(=O)(=O)CCC(=O)Nc3ccccc3F)cs2)cc1. The number of para-hydroxylation sites is 1. The quantitative estimate of drug-likeness (QED) is 0.624. The molecule has 1 heterocycles. The van der Waals surface area contributed by atoms with Gasteiger partial charge in [0.25, 0.3) is 0 Å². The molecule has 1 N–H and O–H groups in total. The lowest BCUT2D eigenvalue weighted by Gasteiger charge is -2.06. The molecule has 28 heavy (non-hydrogen) atoms. The number of aryl methyl sites for hydroxylation is 1. The molecule has 5 nitrogen and oxygen atoms in total. The Morgan fingerprint density at radius 3 is 2.57 bits per heavy atom. The summed E-state index contributed by atoms with van der Waals surface area (Å²) in [5, 5.41) is 4.85. The number of hydrogen-bond acceptors (Lipinski definition) is 5. The van der Waals surface area contributed by atoms with E-state index in [0.29, 0.717) is 5.69 Å². The van der Waals surface area contributed by atoms with E-state index >= 15 is 0 Å². The van der Waals surface area contributed by atoms with Gasteiger partial charge >= 0.3 is 0 Å². The first-order valence-electron chi connectivity index (χ1n) is 8.59. The van der Waals surface area contributed by atoms with Gasteiger partial charge in [0, 0.05) is 17.4 Å². The smallest absolute Gasteiger partial charge is 0.225 e. The number of rotatable bonds is 7. The van der Waals surface area contributed by atoms with E-state index in [-0.39, 0.29) is 23.6 Å². The van der Waals surface area contributed by atoms with E-state index in [9.17, 15) is 17.6 Å². The van der Waals surface area contributed by atoms with Gasteiger partial charge in [0.2, 0.25) is 5.91 Å². The first-order chi connectivity index (χ1) is 13.3. The van der Waals surface area contributed by atoms with Crippen LogP contribution in [-0.4, -0.2) is 25.1 Å². The van der Waals surface area contributed by atoms with Crippen molar-refractivity contribution in [2.45, 2.75) is 19.1 Å². The molecule has 1 amide bonds. The third kappa shape index (κ3) is 5.46. The highest BCUT2D eigenvalue weighted by Crippen LogP contribution is 2.25. The first kappa shape index (κ1) is 20.2. The van der Waals surface area contributed by atoms with Gasteiger partial charge in [-0.15, -0.1) is 11.3 Å². The van der Waals surface area contributed by atoms with Crippen LogP contribution in [0.1, 0.15) is 17.7 Å². The Morgan fingerprint density at radius 1 is 1.14 bits per heavy atom. The summed E-state index contributed by atoms with van der Waals surface area (Å²) >= 11 is 1.38. The minimum atomic E-state index is -3.52. The van der Waals surface area contributed by atoms with E-state index in [1.807, 2.05) is 31.2 Å². The van der Waals surface area contributed by atoms with E-state index in [2.05, 4.69) is 10.3 Å². The first-order valence-corrected chi connectivity index (χ1v) is 11.3. The van der Waals surface area contributed by atoms with Gasteiger partial charge in [0.05, 0.1) is 22.9 Å². The minimum absolute atomic E-state index is 0.0344. The third-order valence-electron chi connectivity index (χ3n) is 4.01. The number of hydrogen-bond donors (Lipinski definition) is 1. The molecule has 0 saturated carbocycles. The highest BCUT2D eigenvalue weighted by molar-refractivity contribution is 7.90. The number of nitrogens with one attached hydrogen (secondary N) is 1. The maximum atomic E-state index is 13.5. The maximum Gasteiger partial charge on any atom is 0.225 e. The second-order valence-electron chi connectivity index (χ2n) is 6.38. The van der Waals surface area contributed by atoms with Gasteiger partial charge in [-0.3, -0.25) is 4.79 Å². The van der Waals surface area contributed by atoms with Crippen LogP contribution in [0, 0.1) is 12.7 Å². The number of anilines is 1. The lowest BCUT2D eigenvalue weighted by molar-refractivity contribution is -0.115. The van der Waals surface area contributed by atoms with Crippen molar-refractivity contribution in [3.8, 4) is 10.6 Å². The Hall–Kier alpha value is -2.58. The number of benzene rings is 2. The molecule has 0 saturated heterocycles. The number of sulfone groups is 1. The largest absolute Gasteiger partial charge is 0.324 e. The number of amides is 1. The number of nitrogens with zero attached hydrogens (tertiary/aromatic N) is 1. The van der Waals surface area contributed by atoms with E-state index < -0.39 is 21.6 Å². The van der Waals surface area contributed by atoms with Crippen LogP contribution in [0.2, 0.25) is 0 Å². The van der Waals surface area contributed by atoms with Crippen LogP contribution in [0.25, 0.3) is 10.6 Å². The molecule has 0 unspecified atom stereocenters. The lowest BCUT2D eigenvalue weighted by Crippen LogP contribution is -2.19. The lowest BCUT2D eigenvalue weighted by atomic mass is 10.2. The van der Waals surface area contributed by atoms with Crippen molar-refractivity contribution in [1.82, 2.24) is 4.98 Å². The van der Waals surface area contributed by atoms with Gasteiger partial charge in [0.1, 0.15) is 10.8 Å². The molecule has 0 atom stereocenters. The van der Waals surface area contributed by atoms with Crippen molar-refractivity contribution in [1.29, 1.82) is 0 Å². The molecule has 0 bridgehead atoms. The van der Waals surface area contributed by atoms with Crippen molar-refractivity contribution >= 4 is 32.8 Å². The van der Waals surface area contributed by atoms with Gasteiger partial charge in [-0.2, -0.15) is 0 Å². The minimum Gasteiger partial charge on any atom is -0.324 e. The molecule has 0 radical (unpaired) electrons. The zero-order valence-corrected chi connectivity index (χ0v) is 16.8. The summed E-state index contributed by atoms with van der Waals surface area (Å²) in [7, 11) is -3.52. The second kappa shape index (κ2) is 8.62. The van der Waals surface area contributed by atoms with Gasteiger partial charge < -0.3 is 5.32 Å². The third-order valence-corrected chi connectivity index (χ3v) is 6.51. The Kier molecular flexibility index (Phi) is 6.21. The van der Waals surface area contributed by atoms with Gasteiger partial charge in [-0.05, 0) is 19.1 Å². The van der Waals surface area contributed by atoms with Crippen molar-refractivity contribution in [3.05, 3.63) is 71.0 Å². The van der Waals surface area contributed by atoms with Gasteiger partial charge in [0.15, 0.2) is 9.84 Å². The normalized spacial score (nSPS) is 11.4. The monoisotopic (exact) mass is 418 g/mol. The Morgan fingerprint density at radius 2 is 1.86 bits per heavy atom. The van der Waals surface area contributed by atoms with Crippen LogP contribution in [-0.2, 0) is 20.4 Å². The number of thiazole rings is 1. The fourth-order valence-electron chi connectivity index (χ4n) is 2.52. The summed E-state index contributed by atoms with van der Waals surface area (Å²) in [6.07, 6.45) is -0.244. The second-order valence-corrected chi connectivity index (χ2v) is 9.42. The van der Waals surface area contributed by atoms with Gasteiger partial charge in [-0.25, -0.2) is 17.8 Å². The molecule has 0 fully saturated rings. The van der Waals surface area contributed by atoms with Crippen molar-refractivity contribution < 1.29 is 17.6 Å². The summed E-state index contributed by atoms with van der Waals surface area (Å²) in [5.74, 6) is -1.68. The standard InChI is InChI=1S/C20H19FN2O3S2/c1-14-6-8-15(9-7-14)20-22-16(12-27-20)13-28(25,26)11-10-19(24)23-18-5-3-2-4-17(18)21/h2-9,12H,10-11,13H2,1H3,(H,23,24). The van der Waals surface area contributed by atoms with E-state index in [1.165, 1.54) is 29.5 Å². The summed E-state index contributed by atoms with van der Waals surface area (Å²) in [6.45, 7) is 1.99. The molecular weight excluding hydrogens is 399 g/mol. The fourth-order valence-corrected chi connectivity index (χ4v) is 4.69. The Labute approximate surface area is 167 Å². The predicted octanol–water partition coefficient (Wildman–Crippen LogP) is 4.20.